The lowest BCUT2D eigenvalue weighted by Crippen LogP contribution is -2.25. The first-order chi connectivity index (χ1) is 23.7. The first kappa shape index (κ1) is 29.2. The van der Waals surface area contributed by atoms with Crippen LogP contribution >= 0.6 is 7.14 Å². The van der Waals surface area contributed by atoms with E-state index in [0.717, 1.165) is 47.2 Å². The molecule has 0 saturated carbocycles. The Labute approximate surface area is 283 Å². The van der Waals surface area contributed by atoms with Crippen LogP contribution in [0.3, 0.4) is 0 Å². The summed E-state index contributed by atoms with van der Waals surface area (Å²) in [6.45, 7) is 0. The highest BCUT2D eigenvalue weighted by Gasteiger charge is 2.30. The van der Waals surface area contributed by atoms with Gasteiger partial charge in [-0.1, -0.05) is 152 Å². The quantitative estimate of drug-likeness (QED) is 0.172. The van der Waals surface area contributed by atoms with Crippen LogP contribution in [0.25, 0.3) is 49.9 Å². The van der Waals surface area contributed by atoms with E-state index in [1.807, 2.05) is 30.3 Å². The molecule has 7 aromatic rings. The average Bonchev–Trinajstić information content (AvgIpc) is 3.16. The molecule has 0 fully saturated rings. The van der Waals surface area contributed by atoms with Crippen molar-refractivity contribution >= 4 is 50.7 Å². The van der Waals surface area contributed by atoms with Crippen molar-refractivity contribution in [2.45, 2.75) is 38.5 Å². The van der Waals surface area contributed by atoms with Gasteiger partial charge in [-0.15, -0.1) is 0 Å². The molecule has 1 nitrogen and oxygen atoms in total. The van der Waals surface area contributed by atoms with Crippen molar-refractivity contribution in [3.05, 3.63) is 168 Å². The summed E-state index contributed by atoms with van der Waals surface area (Å²) in [7, 11) is -3.16. The van der Waals surface area contributed by atoms with Gasteiger partial charge in [0.2, 0.25) is 0 Å². The molecule has 2 aliphatic carbocycles. The molecule has 7 aromatic carbocycles. The van der Waals surface area contributed by atoms with Gasteiger partial charge in [0.1, 0.15) is 0 Å². The minimum atomic E-state index is -3.16. The second-order valence-corrected chi connectivity index (χ2v) is 16.1. The molecule has 0 spiro atoms. The summed E-state index contributed by atoms with van der Waals surface area (Å²) in [4.78, 5) is 0. The van der Waals surface area contributed by atoms with Crippen molar-refractivity contribution in [1.29, 1.82) is 0 Å². The maximum atomic E-state index is 15.6. The van der Waals surface area contributed by atoms with Crippen LogP contribution in [0.5, 0.6) is 0 Å². The molecule has 2 aliphatic rings. The molecule has 0 bridgehead atoms. The van der Waals surface area contributed by atoms with Crippen LogP contribution in [0.1, 0.15) is 41.5 Å². The van der Waals surface area contributed by atoms with Gasteiger partial charge >= 0.3 is 0 Å². The van der Waals surface area contributed by atoms with Crippen molar-refractivity contribution in [3.63, 3.8) is 0 Å². The van der Waals surface area contributed by atoms with Gasteiger partial charge in [0.05, 0.1) is 0 Å². The van der Waals surface area contributed by atoms with Crippen LogP contribution < -0.4 is 15.9 Å². The third kappa shape index (κ3) is 4.80. The van der Waals surface area contributed by atoms with Gasteiger partial charge in [-0.05, 0) is 105 Å². The molecule has 0 saturated heterocycles. The zero-order chi connectivity index (χ0) is 32.1. The summed E-state index contributed by atoms with van der Waals surface area (Å²) in [6, 6.07) is 49.5. The lowest BCUT2D eigenvalue weighted by atomic mass is 9.83. The number of benzene rings is 7. The second-order valence-electron chi connectivity index (χ2n) is 13.3. The molecule has 0 amide bonds. The summed E-state index contributed by atoms with van der Waals surface area (Å²) in [5.74, 6) is 0. The minimum absolute atomic E-state index is 0.859. The highest BCUT2D eigenvalue weighted by Crippen LogP contribution is 2.45. The molecule has 2 heteroatoms. The van der Waals surface area contributed by atoms with Crippen LogP contribution in [-0.2, 0) is 23.8 Å². The van der Waals surface area contributed by atoms with Crippen LogP contribution in [0.2, 0.25) is 0 Å². The predicted octanol–water partition coefficient (Wildman–Crippen LogP) is 10.8. The number of allylic oxidation sites excluding steroid dienone is 1. The van der Waals surface area contributed by atoms with Crippen molar-refractivity contribution in [2.75, 3.05) is 0 Å². The molecule has 48 heavy (non-hydrogen) atoms. The summed E-state index contributed by atoms with van der Waals surface area (Å²) >= 11 is 0. The standard InChI is InChI=1S/C46H37OP/c47-48(38-16-2-1-3-17-38,39-26-22-32(23-27-39)45-41-18-8-4-12-34(41)30-35-13-5-9-19-42(35)45)40-28-24-33(25-29-40)46-43-20-10-6-14-36(43)31-37-15-7-11-21-44(37)46/h1-4,6,8-10,12,14,16-20,22-31H,5,7,11,13,15,21H2. The molecule has 0 N–H and O–H groups in total. The van der Waals surface area contributed by atoms with E-state index in [4.69, 9.17) is 0 Å². The van der Waals surface area contributed by atoms with E-state index in [2.05, 4.69) is 121 Å². The molecule has 232 valence electrons. The maximum Gasteiger partial charge on any atom is 0.171 e. The SMILES string of the molecule is O=P(c1ccccc1)(c1ccc(-c2c3c(cc4ccccc24)CCC=C3)cc1)c1ccc(-c2c3c(cc4ccccc24)CCCC3)cc1. The first-order valence-electron chi connectivity index (χ1n) is 17.3. The fourth-order valence-electron chi connectivity index (χ4n) is 8.24. The van der Waals surface area contributed by atoms with Gasteiger partial charge in [0.15, 0.2) is 7.14 Å². The second kappa shape index (κ2) is 11.9. The van der Waals surface area contributed by atoms with Crippen LogP contribution in [0.15, 0.2) is 146 Å². The van der Waals surface area contributed by atoms with Gasteiger partial charge in [-0.3, -0.25) is 0 Å². The Kier molecular flexibility index (Phi) is 7.25. The van der Waals surface area contributed by atoms with Crippen LogP contribution in [0, 0.1) is 0 Å². The average molecular weight is 637 g/mol. The first-order valence-corrected chi connectivity index (χ1v) is 19.0. The number of aryl methyl sites for hydroxylation is 2. The largest absolute Gasteiger partial charge is 0.309 e. The van der Waals surface area contributed by atoms with E-state index < -0.39 is 7.14 Å². The monoisotopic (exact) mass is 636 g/mol. The number of rotatable bonds is 5. The van der Waals surface area contributed by atoms with Crippen molar-refractivity contribution in [3.8, 4) is 22.3 Å². The Balaban J connectivity index is 1.17. The topological polar surface area (TPSA) is 17.1 Å². The zero-order valence-electron chi connectivity index (χ0n) is 27.0. The molecule has 0 heterocycles. The fraction of sp³-hybridized carbons (Fsp3) is 0.130. The smallest absolute Gasteiger partial charge is 0.171 e. The Morgan fingerprint density at radius 3 is 1.71 bits per heavy atom. The summed E-state index contributed by atoms with van der Waals surface area (Å²) in [5, 5.41) is 7.72. The van der Waals surface area contributed by atoms with E-state index in [0.29, 0.717) is 0 Å². The zero-order valence-corrected chi connectivity index (χ0v) is 27.9. The molecule has 9 rings (SSSR count). The van der Waals surface area contributed by atoms with Crippen molar-refractivity contribution in [1.82, 2.24) is 0 Å². The molecule has 0 radical (unpaired) electrons. The lowest BCUT2D eigenvalue weighted by Gasteiger charge is -2.24. The molecule has 0 aliphatic heterocycles. The van der Waals surface area contributed by atoms with Crippen molar-refractivity contribution < 1.29 is 4.57 Å². The minimum Gasteiger partial charge on any atom is -0.309 e. The fourth-order valence-corrected chi connectivity index (χ4v) is 10.9. The van der Waals surface area contributed by atoms with Crippen LogP contribution in [-0.4, -0.2) is 0 Å². The van der Waals surface area contributed by atoms with Crippen LogP contribution in [0.4, 0.5) is 0 Å². The van der Waals surface area contributed by atoms with E-state index in [-0.39, 0.29) is 0 Å². The summed E-state index contributed by atoms with van der Waals surface area (Å²) < 4.78 is 15.6. The third-order valence-electron chi connectivity index (χ3n) is 10.6. The Hall–Kier alpha value is -4.97. The number of fused-ring (bicyclic) bond motifs is 4. The molecular formula is C46H37OP. The number of hydrogen-bond donors (Lipinski definition) is 0. The summed E-state index contributed by atoms with van der Waals surface area (Å²) in [6.07, 6.45) is 11.4. The van der Waals surface area contributed by atoms with Gasteiger partial charge in [0.25, 0.3) is 0 Å². The van der Waals surface area contributed by atoms with E-state index >= 15 is 4.57 Å². The third-order valence-corrected chi connectivity index (χ3v) is 13.6. The molecular weight excluding hydrogens is 599 g/mol. The number of hydrogen-bond acceptors (Lipinski definition) is 1. The highest BCUT2D eigenvalue weighted by molar-refractivity contribution is 7.85. The normalized spacial score (nSPS) is 15.2. The van der Waals surface area contributed by atoms with E-state index in [1.165, 1.54) is 73.3 Å². The van der Waals surface area contributed by atoms with E-state index in [1.54, 1.807) is 0 Å². The summed E-state index contributed by atoms with van der Waals surface area (Å²) in [5.41, 5.74) is 10.7. The van der Waals surface area contributed by atoms with Gasteiger partial charge in [-0.2, -0.15) is 0 Å². The highest BCUT2D eigenvalue weighted by atomic mass is 31.2. The Morgan fingerprint density at radius 1 is 0.479 bits per heavy atom. The van der Waals surface area contributed by atoms with Gasteiger partial charge in [-0.25, -0.2) is 0 Å². The van der Waals surface area contributed by atoms with E-state index in [9.17, 15) is 0 Å². The van der Waals surface area contributed by atoms with Gasteiger partial charge < -0.3 is 4.57 Å². The molecule has 1 unspecified atom stereocenters. The lowest BCUT2D eigenvalue weighted by molar-refractivity contribution is 0.592. The van der Waals surface area contributed by atoms with Gasteiger partial charge in [0, 0.05) is 15.9 Å². The molecule has 0 aromatic heterocycles. The maximum absolute atomic E-state index is 15.6. The Morgan fingerprint density at radius 2 is 1.02 bits per heavy atom. The van der Waals surface area contributed by atoms with Crippen molar-refractivity contribution in [2.24, 2.45) is 0 Å². The Bertz CT molecular complexity index is 2400. The predicted molar refractivity (Wildman–Crippen MR) is 206 cm³/mol. The molecule has 1 atom stereocenters.